The Bertz CT molecular complexity index is 846. The van der Waals surface area contributed by atoms with E-state index >= 15 is 0 Å². The summed E-state index contributed by atoms with van der Waals surface area (Å²) in [5.41, 5.74) is 4.04. The predicted molar refractivity (Wildman–Crippen MR) is 101 cm³/mol. The molecule has 0 heterocycles. The summed E-state index contributed by atoms with van der Waals surface area (Å²) in [6.07, 6.45) is 3.48. The molecule has 0 aliphatic heterocycles. The first kappa shape index (κ1) is 18.8. The van der Waals surface area contributed by atoms with Crippen molar-refractivity contribution in [1.29, 1.82) is 0 Å². The summed E-state index contributed by atoms with van der Waals surface area (Å²) in [5.74, 6) is 0.206. The second-order valence-electron chi connectivity index (χ2n) is 6.41. The molecule has 0 atom stereocenters. The molecule has 142 valence electrons. The third-order valence-corrected chi connectivity index (χ3v) is 4.56. The van der Waals surface area contributed by atoms with Crippen molar-refractivity contribution in [3.8, 4) is 11.5 Å². The molecule has 1 aliphatic carbocycles. The van der Waals surface area contributed by atoms with E-state index in [4.69, 9.17) is 14.2 Å². The van der Waals surface area contributed by atoms with E-state index in [-0.39, 0.29) is 13.0 Å². The molecule has 3 rings (SSSR count). The molecule has 2 aromatic carbocycles. The Morgan fingerprint density at radius 3 is 2.59 bits per heavy atom. The molecule has 6 heteroatoms. The molecule has 0 radical (unpaired) electrons. The number of carbonyl (C=O) groups is 2. The normalized spacial score (nSPS) is 12.2. The van der Waals surface area contributed by atoms with Crippen molar-refractivity contribution in [2.45, 2.75) is 25.7 Å². The van der Waals surface area contributed by atoms with E-state index in [1.807, 2.05) is 6.07 Å². The van der Waals surface area contributed by atoms with Gasteiger partial charge in [0.1, 0.15) is 11.5 Å². The highest BCUT2D eigenvalue weighted by molar-refractivity contribution is 5.94. The van der Waals surface area contributed by atoms with Crippen molar-refractivity contribution < 1.29 is 23.8 Å². The maximum atomic E-state index is 12.1. The average Bonchev–Trinajstić information content (AvgIpc) is 3.14. The number of fused-ring (bicyclic) bond motifs is 1. The Balaban J connectivity index is 1.52. The molecule has 0 saturated carbocycles. The Morgan fingerprint density at radius 2 is 1.81 bits per heavy atom. The number of carbonyl (C=O) groups excluding carboxylic acids is 2. The molecular formula is C21H23NO5. The Hall–Kier alpha value is -3.02. The minimum atomic E-state index is -0.441. The third-order valence-electron chi connectivity index (χ3n) is 4.56. The van der Waals surface area contributed by atoms with E-state index in [2.05, 4.69) is 17.4 Å². The standard InChI is InChI=1S/C21H23NO5/c1-25-17-8-9-19(26-2)18(12-17)22-20(23)13-27-21(24)11-14-6-7-15-4-3-5-16(15)10-14/h6-10,12H,3-5,11,13H2,1-2H3,(H,22,23). The topological polar surface area (TPSA) is 73.9 Å². The van der Waals surface area contributed by atoms with Gasteiger partial charge in [-0.1, -0.05) is 18.2 Å². The van der Waals surface area contributed by atoms with Gasteiger partial charge in [-0.15, -0.1) is 0 Å². The van der Waals surface area contributed by atoms with Gasteiger partial charge in [0.05, 0.1) is 26.3 Å². The van der Waals surface area contributed by atoms with Crippen LogP contribution in [0.25, 0.3) is 0 Å². The maximum Gasteiger partial charge on any atom is 0.310 e. The number of hydrogen-bond donors (Lipinski definition) is 1. The number of ether oxygens (including phenoxy) is 3. The maximum absolute atomic E-state index is 12.1. The smallest absolute Gasteiger partial charge is 0.310 e. The summed E-state index contributed by atoms with van der Waals surface area (Å²) in [5, 5.41) is 2.67. The van der Waals surface area contributed by atoms with Crippen LogP contribution in [0.15, 0.2) is 36.4 Å². The fourth-order valence-electron chi connectivity index (χ4n) is 3.20. The van der Waals surface area contributed by atoms with Gasteiger partial charge in [-0.05, 0) is 48.1 Å². The molecule has 0 spiro atoms. The zero-order valence-electron chi connectivity index (χ0n) is 15.5. The number of benzene rings is 2. The molecule has 1 aliphatic rings. The van der Waals surface area contributed by atoms with Crippen molar-refractivity contribution >= 4 is 17.6 Å². The zero-order valence-corrected chi connectivity index (χ0v) is 15.5. The van der Waals surface area contributed by atoms with Gasteiger partial charge in [0, 0.05) is 6.07 Å². The van der Waals surface area contributed by atoms with Crippen LogP contribution in [0.1, 0.15) is 23.1 Å². The molecular weight excluding hydrogens is 346 g/mol. The predicted octanol–water partition coefficient (Wildman–Crippen LogP) is 2.92. The van der Waals surface area contributed by atoms with Gasteiger partial charge in [0.15, 0.2) is 6.61 Å². The van der Waals surface area contributed by atoms with E-state index in [1.54, 1.807) is 18.2 Å². The molecule has 1 N–H and O–H groups in total. The molecule has 27 heavy (non-hydrogen) atoms. The highest BCUT2D eigenvalue weighted by Crippen LogP contribution is 2.28. The average molecular weight is 369 g/mol. The summed E-state index contributed by atoms with van der Waals surface area (Å²) < 4.78 is 15.5. The second-order valence-corrected chi connectivity index (χ2v) is 6.41. The first-order valence-electron chi connectivity index (χ1n) is 8.87. The van der Waals surface area contributed by atoms with Crippen molar-refractivity contribution in [3.05, 3.63) is 53.1 Å². The van der Waals surface area contributed by atoms with Crippen molar-refractivity contribution in [2.24, 2.45) is 0 Å². The van der Waals surface area contributed by atoms with Crippen LogP contribution in [-0.2, 0) is 33.6 Å². The zero-order chi connectivity index (χ0) is 19.2. The first-order chi connectivity index (χ1) is 13.1. The number of methoxy groups -OCH3 is 2. The summed E-state index contributed by atoms with van der Waals surface area (Å²) in [6.45, 7) is -0.357. The second kappa shape index (κ2) is 8.58. The molecule has 2 aromatic rings. The molecule has 0 fully saturated rings. The number of esters is 1. The Kier molecular flexibility index (Phi) is 5.96. The first-order valence-corrected chi connectivity index (χ1v) is 8.87. The number of amides is 1. The number of nitrogens with one attached hydrogen (secondary N) is 1. The molecule has 0 unspecified atom stereocenters. The van der Waals surface area contributed by atoms with Crippen molar-refractivity contribution in [2.75, 3.05) is 26.1 Å². The number of anilines is 1. The molecule has 0 bridgehead atoms. The summed E-state index contributed by atoms with van der Waals surface area (Å²) in [6, 6.07) is 11.1. The summed E-state index contributed by atoms with van der Waals surface area (Å²) in [7, 11) is 3.04. The van der Waals surface area contributed by atoms with Gasteiger partial charge in [-0.3, -0.25) is 9.59 Å². The number of rotatable bonds is 7. The minimum absolute atomic E-state index is 0.156. The molecule has 6 nitrogen and oxygen atoms in total. The molecule has 0 saturated heterocycles. The summed E-state index contributed by atoms with van der Waals surface area (Å²) >= 11 is 0. The van der Waals surface area contributed by atoms with Gasteiger partial charge in [0.2, 0.25) is 0 Å². The van der Waals surface area contributed by atoms with E-state index < -0.39 is 11.9 Å². The van der Waals surface area contributed by atoms with Crippen LogP contribution < -0.4 is 14.8 Å². The largest absolute Gasteiger partial charge is 0.497 e. The molecule has 1 amide bonds. The fraction of sp³-hybridized carbons (Fsp3) is 0.333. The quantitative estimate of drug-likeness (QED) is 0.760. The Labute approximate surface area is 158 Å². The Morgan fingerprint density at radius 1 is 1.00 bits per heavy atom. The SMILES string of the molecule is COc1ccc(OC)c(NC(=O)COC(=O)Cc2ccc3c(c2)CCC3)c1. The lowest BCUT2D eigenvalue weighted by Gasteiger charge is -2.12. The number of aryl methyl sites for hydroxylation is 2. The van der Waals surface area contributed by atoms with Crippen molar-refractivity contribution in [1.82, 2.24) is 0 Å². The summed E-state index contributed by atoms with van der Waals surface area (Å²) in [4.78, 5) is 24.2. The monoisotopic (exact) mass is 369 g/mol. The van der Waals surface area contributed by atoms with Crippen LogP contribution in [-0.4, -0.2) is 32.7 Å². The number of hydrogen-bond acceptors (Lipinski definition) is 5. The van der Waals surface area contributed by atoms with E-state index in [1.165, 1.54) is 25.3 Å². The highest BCUT2D eigenvalue weighted by Gasteiger charge is 2.14. The van der Waals surface area contributed by atoms with Gasteiger partial charge in [-0.2, -0.15) is 0 Å². The van der Waals surface area contributed by atoms with Crippen LogP contribution in [0.5, 0.6) is 11.5 Å². The van der Waals surface area contributed by atoms with Crippen LogP contribution in [0.4, 0.5) is 5.69 Å². The van der Waals surface area contributed by atoms with E-state index in [0.29, 0.717) is 17.2 Å². The van der Waals surface area contributed by atoms with Gasteiger partial charge in [-0.25, -0.2) is 0 Å². The van der Waals surface area contributed by atoms with E-state index in [9.17, 15) is 9.59 Å². The van der Waals surface area contributed by atoms with Gasteiger partial charge >= 0.3 is 5.97 Å². The van der Waals surface area contributed by atoms with Crippen molar-refractivity contribution in [3.63, 3.8) is 0 Å². The molecule has 0 aromatic heterocycles. The fourth-order valence-corrected chi connectivity index (χ4v) is 3.20. The lowest BCUT2D eigenvalue weighted by atomic mass is 10.0. The van der Waals surface area contributed by atoms with Crippen LogP contribution >= 0.6 is 0 Å². The third kappa shape index (κ3) is 4.78. The lowest BCUT2D eigenvalue weighted by Crippen LogP contribution is -2.22. The highest BCUT2D eigenvalue weighted by atomic mass is 16.5. The van der Waals surface area contributed by atoms with Crippen LogP contribution in [0.2, 0.25) is 0 Å². The lowest BCUT2D eigenvalue weighted by molar-refractivity contribution is -0.146. The van der Waals surface area contributed by atoms with Gasteiger partial charge < -0.3 is 19.5 Å². The van der Waals surface area contributed by atoms with Crippen LogP contribution in [0, 0.1) is 0 Å². The van der Waals surface area contributed by atoms with Crippen LogP contribution in [0.3, 0.4) is 0 Å². The minimum Gasteiger partial charge on any atom is -0.497 e. The van der Waals surface area contributed by atoms with E-state index in [0.717, 1.165) is 24.8 Å². The van der Waals surface area contributed by atoms with Gasteiger partial charge in [0.25, 0.3) is 5.91 Å².